The predicted octanol–water partition coefficient (Wildman–Crippen LogP) is 1.93. The number of aromatic nitrogens is 3. The van der Waals surface area contributed by atoms with Gasteiger partial charge >= 0.3 is 6.01 Å². The van der Waals surface area contributed by atoms with Crippen LogP contribution >= 0.6 is 11.6 Å². The van der Waals surface area contributed by atoms with Crippen LogP contribution in [0.5, 0.6) is 6.01 Å². The van der Waals surface area contributed by atoms with E-state index >= 15 is 0 Å². The van der Waals surface area contributed by atoms with Crippen molar-refractivity contribution in [3.05, 3.63) is 5.28 Å². The summed E-state index contributed by atoms with van der Waals surface area (Å²) in [6.07, 6.45) is 2.82. The van der Waals surface area contributed by atoms with Crippen LogP contribution in [-0.2, 0) is 4.74 Å². The highest BCUT2D eigenvalue weighted by molar-refractivity contribution is 6.28. The number of hydrogen-bond donors (Lipinski definition) is 0. The molecule has 2 heterocycles. The van der Waals surface area contributed by atoms with Crippen LogP contribution in [0.4, 0.5) is 5.95 Å². The van der Waals surface area contributed by atoms with Gasteiger partial charge in [0, 0.05) is 26.3 Å². The lowest BCUT2D eigenvalue weighted by Gasteiger charge is -2.31. The van der Waals surface area contributed by atoms with Gasteiger partial charge in [-0.3, -0.25) is 0 Å². The van der Waals surface area contributed by atoms with Crippen LogP contribution in [0.2, 0.25) is 5.28 Å². The van der Waals surface area contributed by atoms with Crippen molar-refractivity contribution in [3.63, 3.8) is 0 Å². The van der Waals surface area contributed by atoms with Crippen molar-refractivity contribution in [3.8, 4) is 6.01 Å². The van der Waals surface area contributed by atoms with Crippen molar-refractivity contribution < 1.29 is 9.47 Å². The molecule has 0 aliphatic carbocycles. The maximum absolute atomic E-state index is 5.92. The van der Waals surface area contributed by atoms with Crippen LogP contribution in [0.3, 0.4) is 0 Å². The number of ether oxygens (including phenoxy) is 2. The molecule has 19 heavy (non-hydrogen) atoms. The van der Waals surface area contributed by atoms with Crippen LogP contribution < -0.4 is 9.64 Å². The zero-order valence-electron chi connectivity index (χ0n) is 11.3. The van der Waals surface area contributed by atoms with Gasteiger partial charge in [0.25, 0.3) is 0 Å². The van der Waals surface area contributed by atoms with Crippen LogP contribution in [-0.4, -0.2) is 47.9 Å². The van der Waals surface area contributed by atoms with E-state index in [4.69, 9.17) is 21.1 Å². The first-order valence-corrected chi connectivity index (χ1v) is 6.93. The summed E-state index contributed by atoms with van der Waals surface area (Å²) in [7, 11) is 1.96. The molecule has 1 aromatic heterocycles. The number of anilines is 1. The Morgan fingerprint density at radius 2 is 2.05 bits per heavy atom. The van der Waals surface area contributed by atoms with Gasteiger partial charge in [0.05, 0.1) is 6.61 Å². The van der Waals surface area contributed by atoms with Gasteiger partial charge in [-0.25, -0.2) is 0 Å². The maximum atomic E-state index is 5.92. The van der Waals surface area contributed by atoms with E-state index in [0.29, 0.717) is 18.6 Å². The first-order chi connectivity index (χ1) is 9.20. The first kappa shape index (κ1) is 14.3. The lowest BCUT2D eigenvalue weighted by Crippen LogP contribution is -2.37. The van der Waals surface area contributed by atoms with Crippen LogP contribution in [0, 0.1) is 0 Å². The van der Waals surface area contributed by atoms with Gasteiger partial charge in [0.15, 0.2) is 0 Å². The molecular weight excluding hydrogens is 268 g/mol. The molecule has 1 fully saturated rings. The molecule has 0 saturated carbocycles. The molecule has 0 amide bonds. The number of nitrogens with zero attached hydrogens (tertiary/aromatic N) is 4. The van der Waals surface area contributed by atoms with Crippen LogP contribution in [0.1, 0.15) is 26.2 Å². The normalized spacial score (nSPS) is 16.4. The van der Waals surface area contributed by atoms with E-state index in [1.54, 1.807) is 0 Å². The fourth-order valence-electron chi connectivity index (χ4n) is 1.97. The minimum Gasteiger partial charge on any atom is -0.463 e. The Balaban J connectivity index is 2.11. The molecule has 2 rings (SSSR count). The summed E-state index contributed by atoms with van der Waals surface area (Å²) in [6, 6.07) is 0.655. The second kappa shape index (κ2) is 6.86. The molecule has 1 saturated heterocycles. The third-order valence-corrected chi connectivity index (χ3v) is 3.23. The van der Waals surface area contributed by atoms with Crippen molar-refractivity contribution in [1.29, 1.82) is 0 Å². The highest BCUT2D eigenvalue weighted by atomic mass is 35.5. The van der Waals surface area contributed by atoms with Gasteiger partial charge < -0.3 is 14.4 Å². The van der Waals surface area contributed by atoms with E-state index in [1.165, 1.54) is 0 Å². The number of halogens is 1. The highest BCUT2D eigenvalue weighted by Crippen LogP contribution is 2.20. The summed E-state index contributed by atoms with van der Waals surface area (Å²) in [5, 5.41) is 0.162. The lowest BCUT2D eigenvalue weighted by molar-refractivity contribution is 0.0852. The van der Waals surface area contributed by atoms with Crippen LogP contribution in [0.15, 0.2) is 0 Å². The van der Waals surface area contributed by atoms with Gasteiger partial charge in [-0.1, -0.05) is 6.92 Å². The monoisotopic (exact) mass is 286 g/mol. The van der Waals surface area contributed by atoms with Gasteiger partial charge in [-0.2, -0.15) is 15.0 Å². The van der Waals surface area contributed by atoms with Gasteiger partial charge in [0.2, 0.25) is 11.2 Å². The Morgan fingerprint density at radius 3 is 2.74 bits per heavy atom. The van der Waals surface area contributed by atoms with Crippen molar-refractivity contribution in [2.75, 3.05) is 31.8 Å². The van der Waals surface area contributed by atoms with Crippen LogP contribution in [0.25, 0.3) is 0 Å². The standard InChI is InChI=1S/C12H19ClN4O2/c1-3-6-19-12-15-10(13)14-11(16-12)17(2)9-4-7-18-8-5-9/h9H,3-8H2,1-2H3. The van der Waals surface area contributed by atoms with Gasteiger partial charge in [-0.15, -0.1) is 0 Å². The Labute approximate surface area is 118 Å². The summed E-state index contributed by atoms with van der Waals surface area (Å²) in [4.78, 5) is 14.5. The zero-order chi connectivity index (χ0) is 13.7. The molecule has 0 bridgehead atoms. The fraction of sp³-hybridized carbons (Fsp3) is 0.750. The molecule has 7 heteroatoms. The number of rotatable bonds is 5. The Hall–Kier alpha value is -1.14. The molecular formula is C12H19ClN4O2. The fourth-order valence-corrected chi connectivity index (χ4v) is 2.12. The first-order valence-electron chi connectivity index (χ1n) is 6.55. The average Bonchev–Trinajstić information content (AvgIpc) is 2.44. The molecule has 6 nitrogen and oxygen atoms in total. The van der Waals surface area contributed by atoms with E-state index in [-0.39, 0.29) is 11.3 Å². The van der Waals surface area contributed by atoms with Crippen molar-refractivity contribution in [2.24, 2.45) is 0 Å². The maximum Gasteiger partial charge on any atom is 0.322 e. The molecule has 0 atom stereocenters. The van der Waals surface area contributed by atoms with E-state index in [9.17, 15) is 0 Å². The molecule has 1 aliphatic heterocycles. The third-order valence-electron chi connectivity index (χ3n) is 3.07. The molecule has 0 unspecified atom stereocenters. The summed E-state index contributed by atoms with van der Waals surface area (Å²) in [5.41, 5.74) is 0. The van der Waals surface area contributed by atoms with Crippen molar-refractivity contribution >= 4 is 17.5 Å². The second-order valence-corrected chi connectivity index (χ2v) is 4.83. The van der Waals surface area contributed by atoms with E-state index < -0.39 is 0 Å². The van der Waals surface area contributed by atoms with Gasteiger partial charge in [0.1, 0.15) is 0 Å². The largest absolute Gasteiger partial charge is 0.463 e. The highest BCUT2D eigenvalue weighted by Gasteiger charge is 2.21. The SMILES string of the molecule is CCCOc1nc(Cl)nc(N(C)C2CCOCC2)n1. The third kappa shape index (κ3) is 3.91. The molecule has 0 aromatic carbocycles. The molecule has 0 radical (unpaired) electrons. The summed E-state index contributed by atoms with van der Waals surface area (Å²) >= 11 is 5.92. The van der Waals surface area contributed by atoms with E-state index in [0.717, 1.165) is 32.5 Å². The van der Waals surface area contributed by atoms with Gasteiger partial charge in [-0.05, 0) is 30.9 Å². The van der Waals surface area contributed by atoms with E-state index in [1.807, 2.05) is 18.9 Å². The summed E-state index contributed by atoms with van der Waals surface area (Å²) in [6.45, 7) is 4.14. The Bertz CT molecular complexity index is 413. The summed E-state index contributed by atoms with van der Waals surface area (Å²) in [5.74, 6) is 0.554. The minimum atomic E-state index is 0.162. The minimum absolute atomic E-state index is 0.162. The molecule has 0 N–H and O–H groups in total. The molecule has 1 aliphatic rings. The average molecular weight is 287 g/mol. The lowest BCUT2D eigenvalue weighted by atomic mass is 10.1. The topological polar surface area (TPSA) is 60.4 Å². The quantitative estimate of drug-likeness (QED) is 0.824. The summed E-state index contributed by atoms with van der Waals surface area (Å²) < 4.78 is 10.8. The molecule has 0 spiro atoms. The zero-order valence-corrected chi connectivity index (χ0v) is 12.1. The second-order valence-electron chi connectivity index (χ2n) is 4.49. The molecule has 106 valence electrons. The smallest absolute Gasteiger partial charge is 0.322 e. The Morgan fingerprint density at radius 1 is 1.32 bits per heavy atom. The predicted molar refractivity (Wildman–Crippen MR) is 72.9 cm³/mol. The van der Waals surface area contributed by atoms with Crippen molar-refractivity contribution in [2.45, 2.75) is 32.2 Å². The van der Waals surface area contributed by atoms with E-state index in [2.05, 4.69) is 15.0 Å². The number of hydrogen-bond acceptors (Lipinski definition) is 6. The Kier molecular flexibility index (Phi) is 5.15. The molecule has 1 aromatic rings. The van der Waals surface area contributed by atoms with Crippen molar-refractivity contribution in [1.82, 2.24) is 15.0 Å².